The van der Waals surface area contributed by atoms with E-state index in [9.17, 15) is 0 Å². The van der Waals surface area contributed by atoms with E-state index >= 15 is 0 Å². The van der Waals surface area contributed by atoms with E-state index < -0.39 is 0 Å². The van der Waals surface area contributed by atoms with E-state index in [-0.39, 0.29) is 0 Å². The van der Waals surface area contributed by atoms with Crippen molar-refractivity contribution in [3.05, 3.63) is 41.0 Å². The Morgan fingerprint density at radius 2 is 2.12 bits per heavy atom. The van der Waals surface area contributed by atoms with Gasteiger partial charge in [0.25, 0.3) is 0 Å². The number of aromatic nitrogens is 2. The molecule has 16 heavy (non-hydrogen) atoms. The quantitative estimate of drug-likeness (QED) is 0.886. The molecule has 4 heteroatoms. The van der Waals surface area contributed by atoms with Crippen LogP contribution in [0.1, 0.15) is 5.56 Å². The third kappa shape index (κ3) is 2.10. The molecule has 2 aromatic rings. The minimum atomic E-state index is 0.735. The second kappa shape index (κ2) is 4.68. The van der Waals surface area contributed by atoms with Crippen molar-refractivity contribution in [3.63, 3.8) is 0 Å². The van der Waals surface area contributed by atoms with E-state index in [1.165, 1.54) is 0 Å². The zero-order valence-electron chi connectivity index (χ0n) is 9.37. The lowest BCUT2D eigenvalue weighted by molar-refractivity contribution is 0.765. The molecule has 3 nitrogen and oxygen atoms in total. The van der Waals surface area contributed by atoms with Crippen LogP contribution < -0.4 is 5.32 Å². The monoisotopic (exact) mass is 235 g/mol. The normalized spacial score (nSPS) is 10.7. The van der Waals surface area contributed by atoms with Crippen molar-refractivity contribution >= 4 is 11.6 Å². The predicted molar refractivity (Wildman–Crippen MR) is 66.4 cm³/mol. The lowest BCUT2D eigenvalue weighted by Gasteiger charge is -2.03. The maximum atomic E-state index is 6.17. The first-order valence-electron chi connectivity index (χ1n) is 5.14. The van der Waals surface area contributed by atoms with Crippen LogP contribution >= 0.6 is 11.6 Å². The first kappa shape index (κ1) is 11.2. The number of halogens is 1. The number of nitrogens with one attached hydrogen (secondary N) is 1. The lowest BCUT2D eigenvalue weighted by atomic mass is 10.1. The Kier molecular flexibility index (Phi) is 3.27. The van der Waals surface area contributed by atoms with Gasteiger partial charge in [0, 0.05) is 30.9 Å². The molecule has 84 valence electrons. The smallest absolute Gasteiger partial charge is 0.0982 e. The Bertz CT molecular complexity index is 491. The predicted octanol–water partition coefficient (Wildman–Crippen LogP) is 2.46. The van der Waals surface area contributed by atoms with E-state index in [0.717, 1.165) is 28.4 Å². The summed E-state index contributed by atoms with van der Waals surface area (Å²) in [7, 11) is 3.84. The number of aryl methyl sites for hydroxylation is 1. The molecule has 0 fully saturated rings. The van der Waals surface area contributed by atoms with Gasteiger partial charge in [-0.25, -0.2) is 0 Å². The number of rotatable bonds is 3. The van der Waals surface area contributed by atoms with Crippen LogP contribution in [0.5, 0.6) is 0 Å². The van der Waals surface area contributed by atoms with Crippen LogP contribution in [0, 0.1) is 0 Å². The molecule has 1 heterocycles. The number of hydrogen-bond acceptors (Lipinski definition) is 2. The molecule has 0 bridgehead atoms. The van der Waals surface area contributed by atoms with Crippen molar-refractivity contribution in [2.75, 3.05) is 7.05 Å². The van der Waals surface area contributed by atoms with Crippen LogP contribution in [-0.2, 0) is 13.6 Å². The Balaban J connectivity index is 2.51. The molecule has 0 saturated carbocycles. The Labute approximate surface area is 100 Å². The molecule has 2 rings (SSSR count). The Hall–Kier alpha value is -1.32. The molecular formula is C12H14ClN3. The molecule has 0 aliphatic rings. The molecule has 0 aliphatic carbocycles. The summed E-state index contributed by atoms with van der Waals surface area (Å²) in [6, 6.07) is 7.77. The van der Waals surface area contributed by atoms with Gasteiger partial charge in [-0.3, -0.25) is 4.68 Å². The molecule has 0 unspecified atom stereocenters. The second-order valence-corrected chi connectivity index (χ2v) is 4.09. The van der Waals surface area contributed by atoms with Gasteiger partial charge < -0.3 is 5.32 Å². The first-order chi connectivity index (χ1) is 7.72. The summed E-state index contributed by atoms with van der Waals surface area (Å²) >= 11 is 6.17. The second-order valence-electron chi connectivity index (χ2n) is 3.69. The fourth-order valence-corrected chi connectivity index (χ4v) is 1.96. The van der Waals surface area contributed by atoms with Crippen molar-refractivity contribution in [2.24, 2.45) is 7.05 Å². The maximum absolute atomic E-state index is 6.17. The van der Waals surface area contributed by atoms with Gasteiger partial charge in [0.15, 0.2) is 0 Å². The average molecular weight is 236 g/mol. The van der Waals surface area contributed by atoms with Gasteiger partial charge in [-0.05, 0) is 13.1 Å². The fraction of sp³-hybridized carbons (Fsp3) is 0.250. The number of nitrogens with zero attached hydrogens (tertiary/aromatic N) is 2. The van der Waals surface area contributed by atoms with Crippen molar-refractivity contribution in [1.82, 2.24) is 15.1 Å². The zero-order chi connectivity index (χ0) is 11.5. The summed E-state index contributed by atoms with van der Waals surface area (Å²) in [6.07, 6.45) is 2.01. The summed E-state index contributed by atoms with van der Waals surface area (Å²) < 4.78 is 1.81. The van der Waals surface area contributed by atoms with Gasteiger partial charge in [0.2, 0.25) is 0 Å². The molecule has 0 saturated heterocycles. The highest BCUT2D eigenvalue weighted by Gasteiger charge is 2.11. The van der Waals surface area contributed by atoms with E-state index in [1.54, 1.807) is 0 Å². The topological polar surface area (TPSA) is 29.9 Å². The van der Waals surface area contributed by atoms with Crippen molar-refractivity contribution in [2.45, 2.75) is 6.54 Å². The summed E-state index contributed by atoms with van der Waals surface area (Å²) in [5.41, 5.74) is 3.08. The highest BCUT2D eigenvalue weighted by Crippen LogP contribution is 2.28. The average Bonchev–Trinajstić information content (AvgIpc) is 2.61. The number of benzene rings is 1. The zero-order valence-corrected chi connectivity index (χ0v) is 10.1. The van der Waals surface area contributed by atoms with Crippen LogP contribution in [0.4, 0.5) is 0 Å². The van der Waals surface area contributed by atoms with Crippen LogP contribution in [-0.4, -0.2) is 16.8 Å². The molecular weight excluding hydrogens is 222 g/mol. The third-order valence-corrected chi connectivity index (χ3v) is 2.73. The summed E-state index contributed by atoms with van der Waals surface area (Å²) in [5, 5.41) is 8.32. The largest absolute Gasteiger partial charge is 0.316 e. The highest BCUT2D eigenvalue weighted by molar-refractivity contribution is 6.33. The molecule has 0 aliphatic heterocycles. The highest BCUT2D eigenvalue weighted by atomic mass is 35.5. The lowest BCUT2D eigenvalue weighted by Crippen LogP contribution is -2.05. The van der Waals surface area contributed by atoms with Crippen LogP contribution in [0.2, 0.25) is 5.02 Å². The number of hydrogen-bond donors (Lipinski definition) is 1. The SMILES string of the molecule is CNCc1cn(C)nc1-c1ccccc1Cl. The van der Waals surface area contributed by atoms with Gasteiger partial charge in [-0.15, -0.1) is 0 Å². The van der Waals surface area contributed by atoms with E-state index in [0.29, 0.717) is 0 Å². The summed E-state index contributed by atoms with van der Waals surface area (Å²) in [5.74, 6) is 0. The molecule has 0 spiro atoms. The van der Waals surface area contributed by atoms with Gasteiger partial charge in [0.1, 0.15) is 0 Å². The van der Waals surface area contributed by atoms with Crippen LogP contribution in [0.3, 0.4) is 0 Å². The van der Waals surface area contributed by atoms with Crippen molar-refractivity contribution in [1.29, 1.82) is 0 Å². The van der Waals surface area contributed by atoms with E-state index in [4.69, 9.17) is 11.6 Å². The van der Waals surface area contributed by atoms with Crippen molar-refractivity contribution in [3.8, 4) is 11.3 Å². The van der Waals surface area contributed by atoms with Crippen molar-refractivity contribution < 1.29 is 0 Å². The summed E-state index contributed by atoms with van der Waals surface area (Å²) in [4.78, 5) is 0. The Morgan fingerprint density at radius 1 is 1.38 bits per heavy atom. The molecule has 1 N–H and O–H groups in total. The van der Waals surface area contributed by atoms with Crippen LogP contribution in [0.15, 0.2) is 30.5 Å². The first-order valence-corrected chi connectivity index (χ1v) is 5.52. The standard InChI is InChI=1S/C12H14ClN3/c1-14-7-9-8-16(2)15-12(9)10-5-3-4-6-11(10)13/h3-6,8,14H,7H2,1-2H3. The van der Waals surface area contributed by atoms with Gasteiger partial charge >= 0.3 is 0 Å². The molecule has 0 atom stereocenters. The molecule has 0 amide bonds. The van der Waals surface area contributed by atoms with Crippen LogP contribution in [0.25, 0.3) is 11.3 Å². The van der Waals surface area contributed by atoms with Gasteiger partial charge in [0.05, 0.1) is 10.7 Å². The van der Waals surface area contributed by atoms with E-state index in [2.05, 4.69) is 10.4 Å². The maximum Gasteiger partial charge on any atom is 0.0982 e. The van der Waals surface area contributed by atoms with Gasteiger partial charge in [-0.1, -0.05) is 29.8 Å². The molecule has 0 radical (unpaired) electrons. The minimum Gasteiger partial charge on any atom is -0.316 e. The minimum absolute atomic E-state index is 0.735. The molecule has 1 aromatic carbocycles. The van der Waals surface area contributed by atoms with E-state index in [1.807, 2.05) is 49.2 Å². The Morgan fingerprint density at radius 3 is 2.81 bits per heavy atom. The fourth-order valence-electron chi connectivity index (χ4n) is 1.74. The molecule has 1 aromatic heterocycles. The van der Waals surface area contributed by atoms with Gasteiger partial charge in [-0.2, -0.15) is 5.10 Å². The summed E-state index contributed by atoms with van der Waals surface area (Å²) in [6.45, 7) is 0.786. The third-order valence-electron chi connectivity index (χ3n) is 2.40.